The van der Waals surface area contributed by atoms with Crippen LogP contribution in [0.5, 0.6) is 0 Å². The highest BCUT2D eigenvalue weighted by molar-refractivity contribution is 5.78. The van der Waals surface area contributed by atoms with Gasteiger partial charge in [0.05, 0.1) is 6.42 Å². The number of likely N-dealkylation sites (tertiary alicyclic amines) is 1. The third-order valence-corrected chi connectivity index (χ3v) is 4.04. The summed E-state index contributed by atoms with van der Waals surface area (Å²) in [5, 5.41) is 3.06. The van der Waals surface area contributed by atoms with E-state index < -0.39 is 0 Å². The van der Waals surface area contributed by atoms with E-state index in [-0.39, 0.29) is 5.91 Å². The molecule has 4 heteroatoms. The summed E-state index contributed by atoms with van der Waals surface area (Å²) in [5.74, 6) is 0.681. The molecule has 0 spiro atoms. The van der Waals surface area contributed by atoms with Crippen molar-refractivity contribution < 1.29 is 4.79 Å². The fourth-order valence-corrected chi connectivity index (χ4v) is 2.67. The van der Waals surface area contributed by atoms with Crippen molar-refractivity contribution in [2.75, 3.05) is 26.2 Å². The van der Waals surface area contributed by atoms with Crippen molar-refractivity contribution in [1.29, 1.82) is 0 Å². The second-order valence-electron chi connectivity index (χ2n) is 5.86. The summed E-state index contributed by atoms with van der Waals surface area (Å²) in [6, 6.07) is 3.77. The van der Waals surface area contributed by atoms with E-state index in [9.17, 15) is 4.79 Å². The van der Waals surface area contributed by atoms with Gasteiger partial charge in [0.25, 0.3) is 0 Å². The average molecular weight is 287 g/mol. The molecule has 1 aromatic rings. The molecule has 1 fully saturated rings. The van der Waals surface area contributed by atoms with Crippen molar-refractivity contribution in [3.63, 3.8) is 0 Å². The standard InChI is InChI=1S/C17H25N3O/c1-3-14(2)12-20-9-6-16(13-20)11-19-17(21)10-15-4-7-18-8-5-15/h3-5,7-8,16H,6,9-13H2,1-2H3,(H,19,21)/b14-3+/t16-/m1/s1. The molecule has 1 aliphatic rings. The lowest BCUT2D eigenvalue weighted by atomic mass is 10.1. The van der Waals surface area contributed by atoms with Crippen LogP contribution in [-0.4, -0.2) is 42.0 Å². The summed E-state index contributed by atoms with van der Waals surface area (Å²) in [4.78, 5) is 18.3. The van der Waals surface area contributed by atoms with Gasteiger partial charge in [0.1, 0.15) is 0 Å². The zero-order chi connectivity index (χ0) is 15.1. The lowest BCUT2D eigenvalue weighted by molar-refractivity contribution is -0.120. The highest BCUT2D eigenvalue weighted by atomic mass is 16.1. The molecular weight excluding hydrogens is 262 g/mol. The van der Waals surface area contributed by atoms with E-state index in [1.165, 1.54) is 12.0 Å². The van der Waals surface area contributed by atoms with E-state index in [4.69, 9.17) is 0 Å². The Labute approximate surface area is 127 Å². The van der Waals surface area contributed by atoms with Gasteiger partial charge in [0, 0.05) is 32.0 Å². The Morgan fingerprint density at radius 3 is 2.95 bits per heavy atom. The van der Waals surface area contributed by atoms with E-state index in [1.54, 1.807) is 12.4 Å². The Morgan fingerprint density at radius 2 is 2.24 bits per heavy atom. The minimum atomic E-state index is 0.101. The Kier molecular flexibility index (Phi) is 5.93. The summed E-state index contributed by atoms with van der Waals surface area (Å²) >= 11 is 0. The summed E-state index contributed by atoms with van der Waals surface area (Å²) in [5.41, 5.74) is 2.43. The number of pyridine rings is 1. The molecule has 0 aromatic carbocycles. The zero-order valence-corrected chi connectivity index (χ0v) is 13.0. The maximum absolute atomic E-state index is 11.9. The van der Waals surface area contributed by atoms with E-state index in [0.29, 0.717) is 12.3 Å². The van der Waals surface area contributed by atoms with Crippen molar-refractivity contribution in [3.05, 3.63) is 41.7 Å². The molecule has 2 heterocycles. The first-order valence-corrected chi connectivity index (χ1v) is 7.67. The first-order chi connectivity index (χ1) is 10.2. The zero-order valence-electron chi connectivity index (χ0n) is 13.0. The molecule has 0 unspecified atom stereocenters. The molecule has 2 rings (SSSR count). The predicted molar refractivity (Wildman–Crippen MR) is 84.9 cm³/mol. The number of carbonyl (C=O) groups excluding carboxylic acids is 1. The van der Waals surface area contributed by atoms with Gasteiger partial charge in [-0.2, -0.15) is 0 Å². The van der Waals surface area contributed by atoms with Crippen LogP contribution in [0.25, 0.3) is 0 Å². The number of allylic oxidation sites excluding steroid dienone is 1. The number of rotatable bonds is 6. The van der Waals surface area contributed by atoms with Gasteiger partial charge in [-0.15, -0.1) is 0 Å². The van der Waals surface area contributed by atoms with Gasteiger partial charge >= 0.3 is 0 Å². The van der Waals surface area contributed by atoms with E-state index in [0.717, 1.165) is 31.7 Å². The first-order valence-electron chi connectivity index (χ1n) is 7.67. The quantitative estimate of drug-likeness (QED) is 0.814. The molecule has 1 aliphatic heterocycles. The number of nitrogens with one attached hydrogen (secondary N) is 1. The fourth-order valence-electron chi connectivity index (χ4n) is 2.67. The summed E-state index contributed by atoms with van der Waals surface area (Å²) in [6.45, 7) is 8.32. The summed E-state index contributed by atoms with van der Waals surface area (Å²) < 4.78 is 0. The normalized spacial score (nSPS) is 19.7. The van der Waals surface area contributed by atoms with Gasteiger partial charge in [0.15, 0.2) is 0 Å². The second kappa shape index (κ2) is 7.93. The highest BCUT2D eigenvalue weighted by Gasteiger charge is 2.22. The maximum Gasteiger partial charge on any atom is 0.224 e. The molecule has 4 nitrogen and oxygen atoms in total. The molecule has 1 N–H and O–H groups in total. The number of amides is 1. The van der Waals surface area contributed by atoms with E-state index >= 15 is 0 Å². The molecule has 1 atom stereocenters. The third kappa shape index (κ3) is 5.31. The van der Waals surface area contributed by atoms with E-state index in [1.807, 2.05) is 12.1 Å². The lowest BCUT2D eigenvalue weighted by Gasteiger charge is -2.16. The molecule has 0 saturated carbocycles. The Bertz CT molecular complexity index is 484. The SMILES string of the molecule is C/C=C(\C)CN1CC[C@H](CNC(=O)Cc2ccncc2)C1. The number of carbonyl (C=O) groups is 1. The predicted octanol–water partition coefficient (Wildman–Crippen LogP) is 2.03. The minimum Gasteiger partial charge on any atom is -0.355 e. The minimum absolute atomic E-state index is 0.101. The Balaban J connectivity index is 1.68. The van der Waals surface area contributed by atoms with Crippen LogP contribution in [0, 0.1) is 5.92 Å². The number of hydrogen-bond donors (Lipinski definition) is 1. The Hall–Kier alpha value is -1.68. The van der Waals surface area contributed by atoms with Crippen LogP contribution >= 0.6 is 0 Å². The molecule has 1 amide bonds. The number of hydrogen-bond acceptors (Lipinski definition) is 3. The second-order valence-corrected chi connectivity index (χ2v) is 5.86. The van der Waals surface area contributed by atoms with Gasteiger partial charge in [-0.3, -0.25) is 14.7 Å². The van der Waals surface area contributed by atoms with Crippen molar-refractivity contribution >= 4 is 5.91 Å². The van der Waals surface area contributed by atoms with Gasteiger partial charge in [0.2, 0.25) is 5.91 Å². The van der Waals surface area contributed by atoms with Gasteiger partial charge in [-0.05, 0) is 50.4 Å². The molecular formula is C17H25N3O. The fraction of sp³-hybridized carbons (Fsp3) is 0.529. The van der Waals surface area contributed by atoms with Crippen LogP contribution in [0.15, 0.2) is 36.2 Å². The van der Waals surface area contributed by atoms with Crippen molar-refractivity contribution in [2.24, 2.45) is 5.92 Å². The lowest BCUT2D eigenvalue weighted by Crippen LogP contribution is -2.32. The highest BCUT2D eigenvalue weighted by Crippen LogP contribution is 2.16. The van der Waals surface area contributed by atoms with Crippen LogP contribution in [0.2, 0.25) is 0 Å². The summed E-state index contributed by atoms with van der Waals surface area (Å²) in [7, 11) is 0. The van der Waals surface area contributed by atoms with Crippen molar-refractivity contribution in [2.45, 2.75) is 26.7 Å². The Morgan fingerprint density at radius 1 is 1.48 bits per heavy atom. The van der Waals surface area contributed by atoms with Crippen LogP contribution in [0.3, 0.4) is 0 Å². The van der Waals surface area contributed by atoms with Crippen molar-refractivity contribution in [1.82, 2.24) is 15.2 Å². The molecule has 0 radical (unpaired) electrons. The van der Waals surface area contributed by atoms with Crippen LogP contribution < -0.4 is 5.32 Å². The maximum atomic E-state index is 11.9. The van der Waals surface area contributed by atoms with Gasteiger partial charge in [-0.1, -0.05) is 11.6 Å². The van der Waals surface area contributed by atoms with Gasteiger partial charge in [-0.25, -0.2) is 0 Å². The van der Waals surface area contributed by atoms with Crippen LogP contribution in [0.4, 0.5) is 0 Å². The molecule has 114 valence electrons. The molecule has 1 saturated heterocycles. The van der Waals surface area contributed by atoms with E-state index in [2.05, 4.69) is 35.1 Å². The molecule has 0 aliphatic carbocycles. The monoisotopic (exact) mass is 287 g/mol. The largest absolute Gasteiger partial charge is 0.355 e. The molecule has 1 aromatic heterocycles. The van der Waals surface area contributed by atoms with Crippen LogP contribution in [-0.2, 0) is 11.2 Å². The third-order valence-electron chi connectivity index (χ3n) is 4.04. The smallest absolute Gasteiger partial charge is 0.224 e. The number of aromatic nitrogens is 1. The topological polar surface area (TPSA) is 45.2 Å². The molecule has 21 heavy (non-hydrogen) atoms. The average Bonchev–Trinajstić information content (AvgIpc) is 2.93. The first kappa shape index (κ1) is 15.7. The number of nitrogens with zero attached hydrogens (tertiary/aromatic N) is 2. The summed E-state index contributed by atoms with van der Waals surface area (Å²) in [6.07, 6.45) is 7.23. The molecule has 0 bridgehead atoms. The van der Waals surface area contributed by atoms with Crippen LogP contribution in [0.1, 0.15) is 25.8 Å². The van der Waals surface area contributed by atoms with Gasteiger partial charge < -0.3 is 5.32 Å². The van der Waals surface area contributed by atoms with Crippen molar-refractivity contribution in [3.8, 4) is 0 Å².